The molecule has 31 heavy (non-hydrogen) atoms. The summed E-state index contributed by atoms with van der Waals surface area (Å²) in [5.41, 5.74) is 10.6. The normalized spacial score (nSPS) is 10.6. The van der Waals surface area contributed by atoms with Crippen molar-refractivity contribution in [3.8, 4) is 0 Å². The van der Waals surface area contributed by atoms with Crippen molar-refractivity contribution < 1.29 is 9.21 Å². The Morgan fingerprint density at radius 2 is 2.06 bits per heavy atom. The molecule has 0 radical (unpaired) electrons. The van der Waals surface area contributed by atoms with Gasteiger partial charge in [-0.15, -0.1) is 0 Å². The Hall–Kier alpha value is -4.26. The van der Waals surface area contributed by atoms with Gasteiger partial charge in [0.05, 0.1) is 24.3 Å². The number of rotatable bonds is 10. The summed E-state index contributed by atoms with van der Waals surface area (Å²) in [5.74, 6) is 1.47. The molecule has 6 N–H and O–H groups in total. The molecule has 0 aliphatic heterocycles. The van der Waals surface area contributed by atoms with Crippen LogP contribution in [0.4, 0.5) is 17.1 Å². The van der Waals surface area contributed by atoms with Gasteiger partial charge in [0.1, 0.15) is 5.76 Å². The van der Waals surface area contributed by atoms with E-state index in [1.165, 1.54) is 0 Å². The zero-order valence-corrected chi connectivity index (χ0v) is 17.2. The fraction of sp³-hybridized carbons (Fsp3) is 0.0833. The number of aryl methyl sites for hydroxylation is 1. The molecule has 1 amide bonds. The smallest absolute Gasteiger partial charge is 0.211 e. The second-order valence-corrected chi connectivity index (χ2v) is 6.93. The van der Waals surface area contributed by atoms with E-state index in [2.05, 4.69) is 22.5 Å². The first-order valence-corrected chi connectivity index (χ1v) is 9.66. The van der Waals surface area contributed by atoms with E-state index in [0.717, 1.165) is 22.6 Å². The van der Waals surface area contributed by atoms with Crippen LogP contribution in [-0.2, 0) is 11.3 Å². The number of furan rings is 1. The molecule has 0 saturated carbocycles. The Balaban J connectivity index is 1.66. The van der Waals surface area contributed by atoms with Gasteiger partial charge in [-0.25, -0.2) is 0 Å². The molecule has 7 heteroatoms. The maximum absolute atomic E-state index is 10.8. The average molecular weight is 415 g/mol. The Morgan fingerprint density at radius 1 is 1.23 bits per heavy atom. The molecule has 3 aromatic rings. The largest absolute Gasteiger partial charge is 0.467 e. The van der Waals surface area contributed by atoms with E-state index < -0.39 is 0 Å². The van der Waals surface area contributed by atoms with Gasteiger partial charge in [-0.3, -0.25) is 4.79 Å². The number of carbonyl (C=O) groups is 1. The van der Waals surface area contributed by atoms with Crippen LogP contribution in [0, 0.1) is 12.3 Å². The number of benzene rings is 2. The van der Waals surface area contributed by atoms with E-state index >= 15 is 0 Å². The van der Waals surface area contributed by atoms with Crippen LogP contribution >= 0.6 is 0 Å². The molecule has 0 aliphatic carbocycles. The molecule has 0 atom stereocenters. The third kappa shape index (κ3) is 5.86. The van der Waals surface area contributed by atoms with Crippen LogP contribution in [0.5, 0.6) is 0 Å². The van der Waals surface area contributed by atoms with Crippen molar-refractivity contribution >= 4 is 35.3 Å². The van der Waals surface area contributed by atoms with Gasteiger partial charge in [0.15, 0.2) is 0 Å². The summed E-state index contributed by atoms with van der Waals surface area (Å²) in [6.07, 6.45) is 5.75. The van der Waals surface area contributed by atoms with E-state index in [4.69, 9.17) is 15.6 Å². The highest BCUT2D eigenvalue weighted by molar-refractivity contribution is 6.12. The predicted octanol–water partition coefficient (Wildman–Crippen LogP) is 4.49. The number of nitrogens with two attached hydrogens (primary N) is 1. The van der Waals surface area contributed by atoms with Crippen LogP contribution in [0.3, 0.4) is 0 Å². The Bertz CT molecular complexity index is 1120. The van der Waals surface area contributed by atoms with Crippen LogP contribution in [0.15, 0.2) is 77.7 Å². The first-order valence-electron chi connectivity index (χ1n) is 9.66. The molecule has 7 nitrogen and oxygen atoms in total. The number of hydrogen-bond acceptors (Lipinski definition) is 6. The van der Waals surface area contributed by atoms with Crippen molar-refractivity contribution in [1.82, 2.24) is 5.32 Å². The third-order valence-corrected chi connectivity index (χ3v) is 4.58. The molecule has 2 aromatic carbocycles. The minimum absolute atomic E-state index is 0.245. The molecular weight excluding hydrogens is 390 g/mol. The van der Waals surface area contributed by atoms with Crippen LogP contribution < -0.4 is 21.7 Å². The molecule has 1 aromatic heterocycles. The molecule has 0 fully saturated rings. The summed E-state index contributed by atoms with van der Waals surface area (Å²) in [5, 5.41) is 17.4. The van der Waals surface area contributed by atoms with Crippen LogP contribution in [-0.4, -0.2) is 12.1 Å². The number of nitrogens with one attached hydrogen (secondary N) is 4. The lowest BCUT2D eigenvalue weighted by atomic mass is 10.0. The van der Waals surface area contributed by atoms with Gasteiger partial charge in [0.25, 0.3) is 0 Å². The third-order valence-electron chi connectivity index (χ3n) is 4.58. The summed E-state index contributed by atoms with van der Waals surface area (Å²) in [4.78, 5) is 10.8. The zero-order valence-electron chi connectivity index (χ0n) is 17.2. The Labute approximate surface area is 181 Å². The number of amides is 1. The van der Waals surface area contributed by atoms with Crippen molar-refractivity contribution in [2.24, 2.45) is 0 Å². The number of anilines is 3. The fourth-order valence-electron chi connectivity index (χ4n) is 3.00. The topological polar surface area (TPSA) is 116 Å². The summed E-state index contributed by atoms with van der Waals surface area (Å²) in [6.45, 7) is 6.36. The number of hydrogen-bond donors (Lipinski definition) is 5. The Morgan fingerprint density at radius 3 is 2.81 bits per heavy atom. The predicted molar refractivity (Wildman–Crippen MR) is 126 cm³/mol. The minimum Gasteiger partial charge on any atom is -0.467 e. The summed E-state index contributed by atoms with van der Waals surface area (Å²) < 4.78 is 5.29. The standard InChI is InChI=1S/C24H25N5O2/c1-16-11-23(26)21(13-24(16)28-15-30)22(25)9-8-18-5-3-6-19(12-18)29-17(2)27-14-20-7-4-10-31-20/h3-13,15,25,27,29H,2,14,26H2,1H3,(H,28,30)/b9-8+,25-22?. The first-order chi connectivity index (χ1) is 15.0. The van der Waals surface area contributed by atoms with Gasteiger partial charge in [-0.1, -0.05) is 24.8 Å². The van der Waals surface area contributed by atoms with E-state index in [1.807, 2.05) is 49.4 Å². The highest BCUT2D eigenvalue weighted by atomic mass is 16.3. The molecule has 0 saturated heterocycles. The van der Waals surface area contributed by atoms with Gasteiger partial charge >= 0.3 is 0 Å². The zero-order chi connectivity index (χ0) is 22.2. The first kappa shape index (κ1) is 21.4. The van der Waals surface area contributed by atoms with Gasteiger partial charge in [-0.2, -0.15) is 0 Å². The summed E-state index contributed by atoms with van der Waals surface area (Å²) in [6, 6.07) is 14.9. The monoisotopic (exact) mass is 415 g/mol. The van der Waals surface area contributed by atoms with Gasteiger partial charge in [0.2, 0.25) is 6.41 Å². The Kier molecular flexibility index (Phi) is 6.90. The van der Waals surface area contributed by atoms with E-state index in [0.29, 0.717) is 35.7 Å². The van der Waals surface area contributed by atoms with Crippen molar-refractivity contribution in [3.63, 3.8) is 0 Å². The molecule has 3 rings (SSSR count). The van der Waals surface area contributed by atoms with Crippen LogP contribution in [0.1, 0.15) is 22.5 Å². The van der Waals surface area contributed by atoms with Gasteiger partial charge in [-0.05, 0) is 60.5 Å². The molecular formula is C24H25N5O2. The quantitative estimate of drug-likeness (QED) is 0.190. The molecule has 158 valence electrons. The highest BCUT2D eigenvalue weighted by Crippen LogP contribution is 2.23. The summed E-state index contributed by atoms with van der Waals surface area (Å²) in [7, 11) is 0. The lowest BCUT2D eigenvalue weighted by molar-refractivity contribution is -0.105. The van der Waals surface area contributed by atoms with E-state index in [9.17, 15) is 4.79 Å². The molecule has 0 spiro atoms. The van der Waals surface area contributed by atoms with Crippen LogP contribution in [0.25, 0.3) is 6.08 Å². The fourth-order valence-corrected chi connectivity index (χ4v) is 3.00. The minimum atomic E-state index is 0.245. The average Bonchev–Trinajstić information content (AvgIpc) is 3.26. The van der Waals surface area contributed by atoms with Gasteiger partial charge < -0.3 is 31.5 Å². The maximum Gasteiger partial charge on any atom is 0.211 e. The molecule has 0 bridgehead atoms. The van der Waals surface area contributed by atoms with Crippen molar-refractivity contribution in [1.29, 1.82) is 5.41 Å². The lowest BCUT2D eigenvalue weighted by Crippen LogP contribution is -2.17. The highest BCUT2D eigenvalue weighted by Gasteiger charge is 2.08. The second kappa shape index (κ2) is 9.98. The molecule has 1 heterocycles. The van der Waals surface area contributed by atoms with Crippen molar-refractivity contribution in [3.05, 3.63) is 95.7 Å². The van der Waals surface area contributed by atoms with Gasteiger partial charge in [0, 0.05) is 22.6 Å². The number of carbonyl (C=O) groups excluding carboxylic acids is 1. The van der Waals surface area contributed by atoms with E-state index in [-0.39, 0.29) is 5.71 Å². The lowest BCUT2D eigenvalue weighted by Gasteiger charge is -2.12. The molecule has 0 unspecified atom stereocenters. The SMILES string of the molecule is C=C(NCc1ccco1)Nc1cccc(/C=C/C(=N)c2cc(NC=O)c(C)cc2N)c1. The molecule has 0 aliphatic rings. The van der Waals surface area contributed by atoms with Crippen molar-refractivity contribution in [2.75, 3.05) is 16.4 Å². The summed E-state index contributed by atoms with van der Waals surface area (Å²) >= 11 is 0. The second-order valence-electron chi connectivity index (χ2n) is 6.93. The number of nitrogen functional groups attached to an aromatic ring is 1. The van der Waals surface area contributed by atoms with Crippen molar-refractivity contribution in [2.45, 2.75) is 13.5 Å². The van der Waals surface area contributed by atoms with E-state index in [1.54, 1.807) is 24.5 Å². The van der Waals surface area contributed by atoms with Crippen LogP contribution in [0.2, 0.25) is 0 Å². The number of allylic oxidation sites excluding steroid dienone is 1. The maximum atomic E-state index is 10.8.